The summed E-state index contributed by atoms with van der Waals surface area (Å²) in [6.45, 7) is 0. The van der Waals surface area contributed by atoms with Gasteiger partial charge >= 0.3 is 5.97 Å². The Morgan fingerprint density at radius 3 is 2.73 bits per heavy atom. The van der Waals surface area contributed by atoms with Gasteiger partial charge in [0.05, 0.1) is 5.92 Å². The van der Waals surface area contributed by atoms with Crippen molar-refractivity contribution in [3.05, 3.63) is 28.7 Å². The predicted molar refractivity (Wildman–Crippen MR) is 61.7 cm³/mol. The fourth-order valence-corrected chi connectivity index (χ4v) is 2.27. The number of halogens is 1. The van der Waals surface area contributed by atoms with Gasteiger partial charge in [0.25, 0.3) is 0 Å². The lowest BCUT2D eigenvalue weighted by atomic mass is 10.1. The Balaban J connectivity index is 1.99. The van der Waals surface area contributed by atoms with Crippen LogP contribution in [0.3, 0.4) is 0 Å². The van der Waals surface area contributed by atoms with Gasteiger partial charge in [-0.1, -0.05) is 34.8 Å². The van der Waals surface area contributed by atoms with Crippen molar-refractivity contribution in [2.24, 2.45) is 5.92 Å². The summed E-state index contributed by atoms with van der Waals surface area (Å²) in [5.74, 6) is 0.663. The van der Waals surface area contributed by atoms with Crippen LogP contribution in [0.1, 0.15) is 25.7 Å². The number of carbonyl (C=O) groups excluding carboxylic acids is 1. The summed E-state index contributed by atoms with van der Waals surface area (Å²) in [4.78, 5) is 11.7. The van der Waals surface area contributed by atoms with Crippen LogP contribution < -0.4 is 4.74 Å². The van der Waals surface area contributed by atoms with Crippen LogP contribution in [0.2, 0.25) is 0 Å². The van der Waals surface area contributed by atoms with Crippen molar-refractivity contribution >= 4 is 21.9 Å². The lowest BCUT2D eigenvalue weighted by Crippen LogP contribution is -2.17. The highest BCUT2D eigenvalue weighted by Crippen LogP contribution is 2.27. The van der Waals surface area contributed by atoms with Gasteiger partial charge in [0.1, 0.15) is 5.75 Å². The van der Waals surface area contributed by atoms with Gasteiger partial charge < -0.3 is 4.74 Å². The molecule has 1 aromatic carbocycles. The molecule has 0 radical (unpaired) electrons. The van der Waals surface area contributed by atoms with Crippen LogP contribution in [0.25, 0.3) is 0 Å². The Bertz CT molecular complexity index is 356. The van der Waals surface area contributed by atoms with Crippen LogP contribution in [0.15, 0.2) is 28.7 Å². The summed E-state index contributed by atoms with van der Waals surface area (Å²) in [5, 5.41) is 0. The van der Waals surface area contributed by atoms with Gasteiger partial charge in [-0.25, -0.2) is 0 Å². The molecule has 80 valence electrons. The first-order chi connectivity index (χ1) is 7.25. The SMILES string of the molecule is O=C(Oc1cccc(Br)c1)C1CCCC1. The maximum absolute atomic E-state index is 11.7. The first-order valence-electron chi connectivity index (χ1n) is 5.23. The topological polar surface area (TPSA) is 26.3 Å². The first-order valence-corrected chi connectivity index (χ1v) is 6.02. The molecule has 0 saturated heterocycles. The van der Waals surface area contributed by atoms with E-state index < -0.39 is 0 Å². The molecule has 0 heterocycles. The second-order valence-electron chi connectivity index (χ2n) is 3.86. The third-order valence-electron chi connectivity index (χ3n) is 2.70. The largest absolute Gasteiger partial charge is 0.426 e. The minimum Gasteiger partial charge on any atom is -0.426 e. The maximum atomic E-state index is 11.7. The van der Waals surface area contributed by atoms with E-state index in [1.165, 1.54) is 0 Å². The molecule has 0 atom stereocenters. The molecule has 0 aromatic heterocycles. The molecule has 1 saturated carbocycles. The maximum Gasteiger partial charge on any atom is 0.314 e. The Hall–Kier alpha value is -0.830. The van der Waals surface area contributed by atoms with E-state index in [-0.39, 0.29) is 11.9 Å². The highest BCUT2D eigenvalue weighted by atomic mass is 79.9. The number of hydrogen-bond acceptors (Lipinski definition) is 2. The number of esters is 1. The molecular formula is C12H13BrO2. The van der Waals surface area contributed by atoms with E-state index in [1.54, 1.807) is 6.07 Å². The second-order valence-corrected chi connectivity index (χ2v) is 4.78. The van der Waals surface area contributed by atoms with E-state index in [4.69, 9.17) is 4.74 Å². The molecular weight excluding hydrogens is 256 g/mol. The molecule has 1 aliphatic rings. The normalized spacial score (nSPS) is 16.6. The average Bonchev–Trinajstić information content (AvgIpc) is 2.70. The number of ether oxygens (including phenoxy) is 1. The highest BCUT2D eigenvalue weighted by Gasteiger charge is 2.24. The highest BCUT2D eigenvalue weighted by molar-refractivity contribution is 9.10. The summed E-state index contributed by atoms with van der Waals surface area (Å²) >= 11 is 3.34. The Morgan fingerprint density at radius 1 is 1.33 bits per heavy atom. The van der Waals surface area contributed by atoms with Gasteiger partial charge in [0, 0.05) is 4.47 Å². The second kappa shape index (κ2) is 4.79. The smallest absolute Gasteiger partial charge is 0.314 e. The lowest BCUT2D eigenvalue weighted by molar-refractivity contribution is -0.138. The molecule has 0 spiro atoms. The Labute approximate surface area is 97.8 Å². The van der Waals surface area contributed by atoms with E-state index >= 15 is 0 Å². The van der Waals surface area contributed by atoms with Crippen LogP contribution >= 0.6 is 15.9 Å². The van der Waals surface area contributed by atoms with Gasteiger partial charge in [-0.3, -0.25) is 4.79 Å². The Kier molecular flexibility index (Phi) is 3.41. The molecule has 2 rings (SSSR count). The van der Waals surface area contributed by atoms with Crippen molar-refractivity contribution in [3.8, 4) is 5.75 Å². The number of rotatable bonds is 2. The quantitative estimate of drug-likeness (QED) is 0.606. The van der Waals surface area contributed by atoms with Crippen molar-refractivity contribution in [2.75, 3.05) is 0 Å². The van der Waals surface area contributed by atoms with E-state index in [1.807, 2.05) is 18.2 Å². The predicted octanol–water partition coefficient (Wildman–Crippen LogP) is 3.54. The fourth-order valence-electron chi connectivity index (χ4n) is 1.89. The third kappa shape index (κ3) is 2.81. The zero-order valence-electron chi connectivity index (χ0n) is 8.41. The van der Waals surface area contributed by atoms with Gasteiger partial charge in [-0.15, -0.1) is 0 Å². The molecule has 1 fully saturated rings. The van der Waals surface area contributed by atoms with Crippen LogP contribution in [-0.2, 0) is 4.79 Å². The molecule has 2 nitrogen and oxygen atoms in total. The summed E-state index contributed by atoms with van der Waals surface area (Å²) in [6, 6.07) is 7.39. The minimum atomic E-state index is -0.0781. The van der Waals surface area contributed by atoms with Gasteiger partial charge in [-0.2, -0.15) is 0 Å². The van der Waals surface area contributed by atoms with E-state index in [2.05, 4.69) is 15.9 Å². The van der Waals surface area contributed by atoms with Gasteiger partial charge in [-0.05, 0) is 31.0 Å². The monoisotopic (exact) mass is 268 g/mol. The molecule has 0 unspecified atom stereocenters. The van der Waals surface area contributed by atoms with E-state index in [0.29, 0.717) is 5.75 Å². The Morgan fingerprint density at radius 2 is 2.07 bits per heavy atom. The van der Waals surface area contributed by atoms with Crippen molar-refractivity contribution in [2.45, 2.75) is 25.7 Å². The lowest BCUT2D eigenvalue weighted by Gasteiger charge is -2.09. The van der Waals surface area contributed by atoms with Crippen molar-refractivity contribution < 1.29 is 9.53 Å². The molecule has 0 aliphatic heterocycles. The van der Waals surface area contributed by atoms with Gasteiger partial charge in [0.2, 0.25) is 0 Å². The average molecular weight is 269 g/mol. The van der Waals surface area contributed by atoms with Crippen molar-refractivity contribution in [1.82, 2.24) is 0 Å². The molecule has 1 aromatic rings. The molecule has 0 N–H and O–H groups in total. The zero-order valence-corrected chi connectivity index (χ0v) is 10.00. The van der Waals surface area contributed by atoms with E-state index in [9.17, 15) is 4.79 Å². The van der Waals surface area contributed by atoms with Crippen molar-refractivity contribution in [1.29, 1.82) is 0 Å². The fraction of sp³-hybridized carbons (Fsp3) is 0.417. The summed E-state index contributed by atoms with van der Waals surface area (Å²) < 4.78 is 6.24. The van der Waals surface area contributed by atoms with E-state index in [0.717, 1.165) is 30.2 Å². The standard InChI is InChI=1S/C12H13BrO2/c13-10-6-3-7-11(8-10)15-12(14)9-4-1-2-5-9/h3,6-9H,1-2,4-5H2. The molecule has 0 bridgehead atoms. The first kappa shape index (κ1) is 10.7. The van der Waals surface area contributed by atoms with Crippen LogP contribution in [0.4, 0.5) is 0 Å². The van der Waals surface area contributed by atoms with Crippen LogP contribution in [-0.4, -0.2) is 5.97 Å². The third-order valence-corrected chi connectivity index (χ3v) is 3.20. The van der Waals surface area contributed by atoms with Crippen LogP contribution in [0, 0.1) is 5.92 Å². The molecule has 1 aliphatic carbocycles. The van der Waals surface area contributed by atoms with Gasteiger partial charge in [0.15, 0.2) is 0 Å². The number of benzene rings is 1. The molecule has 3 heteroatoms. The summed E-state index contributed by atoms with van der Waals surface area (Å²) in [5.41, 5.74) is 0. The number of hydrogen-bond donors (Lipinski definition) is 0. The summed E-state index contributed by atoms with van der Waals surface area (Å²) in [6.07, 6.45) is 4.26. The van der Waals surface area contributed by atoms with Crippen molar-refractivity contribution in [3.63, 3.8) is 0 Å². The molecule has 0 amide bonds. The molecule has 15 heavy (non-hydrogen) atoms. The number of carbonyl (C=O) groups is 1. The van der Waals surface area contributed by atoms with Crippen LogP contribution in [0.5, 0.6) is 5.75 Å². The minimum absolute atomic E-state index is 0.0781. The zero-order chi connectivity index (χ0) is 10.7. The summed E-state index contributed by atoms with van der Waals surface area (Å²) in [7, 11) is 0.